The SMILES string of the molecule is O=C(O)CCN(Cc1ccc(F)c(F)c1)C(=O)C1CC1c1cccc(F)c1F. The van der Waals surface area contributed by atoms with Gasteiger partial charge in [-0.15, -0.1) is 0 Å². The molecule has 0 saturated heterocycles. The number of carbonyl (C=O) groups excluding carboxylic acids is 1. The highest BCUT2D eigenvalue weighted by atomic mass is 19.2. The Morgan fingerprint density at radius 2 is 1.79 bits per heavy atom. The predicted molar refractivity (Wildman–Crippen MR) is 91.2 cm³/mol. The molecule has 1 aliphatic rings. The summed E-state index contributed by atoms with van der Waals surface area (Å²) in [6.45, 7) is -0.250. The summed E-state index contributed by atoms with van der Waals surface area (Å²) in [7, 11) is 0. The second kappa shape index (κ2) is 8.00. The molecule has 8 heteroatoms. The lowest BCUT2D eigenvalue weighted by Gasteiger charge is -2.22. The fraction of sp³-hybridized carbons (Fsp3) is 0.300. The average molecular weight is 395 g/mol. The van der Waals surface area contributed by atoms with E-state index in [0.29, 0.717) is 12.0 Å². The van der Waals surface area contributed by atoms with Crippen LogP contribution in [0.15, 0.2) is 36.4 Å². The molecule has 0 radical (unpaired) electrons. The minimum absolute atomic E-state index is 0.101. The number of halogens is 4. The van der Waals surface area contributed by atoms with Crippen LogP contribution in [0, 0.1) is 29.2 Å². The third kappa shape index (κ3) is 4.32. The third-order valence-corrected chi connectivity index (χ3v) is 4.75. The van der Waals surface area contributed by atoms with Crippen molar-refractivity contribution in [2.45, 2.75) is 25.3 Å². The van der Waals surface area contributed by atoms with Gasteiger partial charge in [-0.3, -0.25) is 9.59 Å². The maximum absolute atomic E-state index is 14.0. The van der Waals surface area contributed by atoms with Crippen molar-refractivity contribution in [2.24, 2.45) is 5.92 Å². The molecule has 2 atom stereocenters. The third-order valence-electron chi connectivity index (χ3n) is 4.75. The summed E-state index contributed by atoms with van der Waals surface area (Å²) in [5.41, 5.74) is 0.399. The van der Waals surface area contributed by atoms with Crippen LogP contribution in [0.2, 0.25) is 0 Å². The van der Waals surface area contributed by atoms with E-state index < -0.39 is 47.0 Å². The van der Waals surface area contributed by atoms with Crippen molar-refractivity contribution in [1.82, 2.24) is 4.90 Å². The van der Waals surface area contributed by atoms with Crippen LogP contribution in [0.25, 0.3) is 0 Å². The van der Waals surface area contributed by atoms with Gasteiger partial charge in [0.15, 0.2) is 23.3 Å². The topological polar surface area (TPSA) is 57.6 Å². The molecule has 4 nitrogen and oxygen atoms in total. The van der Waals surface area contributed by atoms with Gasteiger partial charge in [0.1, 0.15) is 0 Å². The number of carbonyl (C=O) groups is 2. The van der Waals surface area contributed by atoms with Gasteiger partial charge in [0.2, 0.25) is 5.91 Å². The van der Waals surface area contributed by atoms with Gasteiger partial charge in [0.25, 0.3) is 0 Å². The van der Waals surface area contributed by atoms with Crippen LogP contribution in [-0.4, -0.2) is 28.4 Å². The van der Waals surface area contributed by atoms with E-state index >= 15 is 0 Å². The number of hydrogen-bond acceptors (Lipinski definition) is 2. The second-order valence-corrected chi connectivity index (χ2v) is 6.74. The minimum Gasteiger partial charge on any atom is -0.481 e. The Morgan fingerprint density at radius 1 is 1.04 bits per heavy atom. The second-order valence-electron chi connectivity index (χ2n) is 6.74. The Labute approximate surface area is 158 Å². The van der Waals surface area contributed by atoms with Gasteiger partial charge in [0, 0.05) is 19.0 Å². The van der Waals surface area contributed by atoms with Gasteiger partial charge in [-0.2, -0.15) is 0 Å². The molecular formula is C20H17F4NO3. The van der Waals surface area contributed by atoms with Crippen LogP contribution in [0.1, 0.15) is 29.9 Å². The van der Waals surface area contributed by atoms with Crippen LogP contribution in [-0.2, 0) is 16.1 Å². The highest BCUT2D eigenvalue weighted by Crippen LogP contribution is 2.49. The molecule has 2 aromatic rings. The van der Waals surface area contributed by atoms with Crippen molar-refractivity contribution in [3.63, 3.8) is 0 Å². The first-order valence-electron chi connectivity index (χ1n) is 8.66. The highest BCUT2D eigenvalue weighted by molar-refractivity contribution is 5.83. The van der Waals surface area contributed by atoms with Crippen molar-refractivity contribution in [2.75, 3.05) is 6.54 Å². The van der Waals surface area contributed by atoms with E-state index in [1.807, 2.05) is 0 Å². The standard InChI is InChI=1S/C20H17F4NO3/c21-15-5-4-11(8-17(15)23)10-25(7-6-18(26)27)20(28)14-9-13(14)12-2-1-3-16(22)19(12)24/h1-5,8,13-14H,6-7,9-10H2,(H,26,27). The fourth-order valence-corrected chi connectivity index (χ4v) is 3.21. The number of hydrogen-bond donors (Lipinski definition) is 1. The molecule has 2 aromatic carbocycles. The molecule has 0 aromatic heterocycles. The largest absolute Gasteiger partial charge is 0.481 e. The number of amides is 1. The van der Waals surface area contributed by atoms with Gasteiger partial charge < -0.3 is 10.0 Å². The maximum Gasteiger partial charge on any atom is 0.305 e. The van der Waals surface area contributed by atoms with Crippen molar-refractivity contribution in [1.29, 1.82) is 0 Å². The summed E-state index contributed by atoms with van der Waals surface area (Å²) in [6.07, 6.45) is -0.0261. The molecule has 0 spiro atoms. The van der Waals surface area contributed by atoms with Crippen molar-refractivity contribution < 1.29 is 32.3 Å². The minimum atomic E-state index is -1.12. The van der Waals surface area contributed by atoms with Crippen LogP contribution >= 0.6 is 0 Å². The van der Waals surface area contributed by atoms with E-state index in [1.165, 1.54) is 23.1 Å². The molecule has 0 aliphatic heterocycles. The number of rotatable bonds is 7. The Bertz CT molecular complexity index is 918. The zero-order valence-corrected chi connectivity index (χ0v) is 14.7. The van der Waals surface area contributed by atoms with E-state index in [-0.39, 0.29) is 25.1 Å². The molecule has 0 heterocycles. The van der Waals surface area contributed by atoms with E-state index in [1.54, 1.807) is 0 Å². The van der Waals surface area contributed by atoms with Gasteiger partial charge in [0.05, 0.1) is 6.42 Å². The quantitative estimate of drug-likeness (QED) is 0.725. The Kier molecular flexibility index (Phi) is 5.67. The Morgan fingerprint density at radius 3 is 2.46 bits per heavy atom. The fourth-order valence-electron chi connectivity index (χ4n) is 3.21. The number of carboxylic acid groups (broad SMARTS) is 1. The summed E-state index contributed by atoms with van der Waals surface area (Å²) in [6, 6.07) is 6.92. The van der Waals surface area contributed by atoms with Crippen LogP contribution < -0.4 is 0 Å². The summed E-state index contributed by atoms with van der Waals surface area (Å²) in [5.74, 6) is -6.77. The van der Waals surface area contributed by atoms with Gasteiger partial charge >= 0.3 is 5.97 Å². The smallest absolute Gasteiger partial charge is 0.305 e. The van der Waals surface area contributed by atoms with Gasteiger partial charge in [-0.1, -0.05) is 18.2 Å². The lowest BCUT2D eigenvalue weighted by Crippen LogP contribution is -2.34. The normalized spacial score (nSPS) is 18.0. The molecule has 1 amide bonds. The summed E-state index contributed by atoms with van der Waals surface area (Å²) in [4.78, 5) is 24.9. The number of carboxylic acids is 1. The van der Waals surface area contributed by atoms with Gasteiger partial charge in [-0.25, -0.2) is 17.6 Å². The first-order valence-corrected chi connectivity index (χ1v) is 8.66. The highest BCUT2D eigenvalue weighted by Gasteiger charge is 2.47. The molecule has 3 rings (SSSR count). The number of aliphatic carboxylic acids is 1. The van der Waals surface area contributed by atoms with Crippen LogP contribution in [0.5, 0.6) is 0 Å². The molecule has 1 N–H and O–H groups in total. The number of nitrogens with zero attached hydrogens (tertiary/aromatic N) is 1. The average Bonchev–Trinajstić information content (AvgIpc) is 3.43. The molecule has 1 aliphatic carbocycles. The molecular weight excluding hydrogens is 378 g/mol. The van der Waals surface area contributed by atoms with Crippen LogP contribution in [0.4, 0.5) is 17.6 Å². The van der Waals surface area contributed by atoms with E-state index in [9.17, 15) is 27.2 Å². The first-order chi connectivity index (χ1) is 13.3. The van der Waals surface area contributed by atoms with Crippen molar-refractivity contribution in [3.8, 4) is 0 Å². The molecule has 148 valence electrons. The summed E-state index contributed by atoms with van der Waals surface area (Å²) >= 11 is 0. The Hall–Kier alpha value is -2.90. The van der Waals surface area contributed by atoms with Crippen LogP contribution in [0.3, 0.4) is 0 Å². The summed E-state index contributed by atoms with van der Waals surface area (Å²) in [5, 5.41) is 8.90. The predicted octanol–water partition coefficient (Wildman–Crippen LogP) is 3.85. The lowest BCUT2D eigenvalue weighted by molar-refractivity contribution is -0.139. The monoisotopic (exact) mass is 395 g/mol. The molecule has 0 bridgehead atoms. The maximum atomic E-state index is 14.0. The van der Waals surface area contributed by atoms with E-state index in [0.717, 1.165) is 18.2 Å². The zero-order chi connectivity index (χ0) is 20.4. The van der Waals surface area contributed by atoms with Crippen molar-refractivity contribution in [3.05, 3.63) is 70.8 Å². The molecule has 2 unspecified atom stereocenters. The van der Waals surface area contributed by atoms with Crippen molar-refractivity contribution >= 4 is 11.9 Å². The van der Waals surface area contributed by atoms with E-state index in [2.05, 4.69) is 0 Å². The molecule has 28 heavy (non-hydrogen) atoms. The first kappa shape index (κ1) is 19.9. The molecule has 1 fully saturated rings. The zero-order valence-electron chi connectivity index (χ0n) is 14.7. The molecule has 1 saturated carbocycles. The van der Waals surface area contributed by atoms with Gasteiger partial charge in [-0.05, 0) is 41.7 Å². The Balaban J connectivity index is 1.76. The van der Waals surface area contributed by atoms with E-state index in [4.69, 9.17) is 5.11 Å². The summed E-state index contributed by atoms with van der Waals surface area (Å²) < 4.78 is 53.9. The number of benzene rings is 2. The lowest BCUT2D eigenvalue weighted by atomic mass is 10.1.